The van der Waals surface area contributed by atoms with Gasteiger partial charge >= 0.3 is 0 Å². The predicted octanol–water partition coefficient (Wildman–Crippen LogP) is 0.382. The van der Waals surface area contributed by atoms with Crippen LogP contribution in [0.15, 0.2) is 12.2 Å². The number of aliphatic hydroxyl groups is 1. The Bertz CT molecular complexity index is 194. The average molecular weight is 196 g/mol. The lowest BCUT2D eigenvalue weighted by Gasteiger charge is -2.30. The zero-order valence-corrected chi connectivity index (χ0v) is 8.91. The van der Waals surface area contributed by atoms with Crippen molar-refractivity contribution < 1.29 is 10.0 Å². The quantitative estimate of drug-likeness (QED) is 0.613. The number of rotatable bonds is 2. The molecule has 0 bridgehead atoms. The van der Waals surface area contributed by atoms with Gasteiger partial charge in [-0.25, -0.2) is 0 Å². The van der Waals surface area contributed by atoms with E-state index >= 15 is 0 Å². The Hall–Kier alpha value is -0.340. The number of hydrogen-bond donors (Lipinski definition) is 2. The molecule has 80 valence electrons. The molecule has 1 aliphatic heterocycles. The highest BCUT2D eigenvalue weighted by molar-refractivity contribution is 4.89. The van der Waals surface area contributed by atoms with Crippen LogP contribution >= 0.6 is 0 Å². The van der Waals surface area contributed by atoms with E-state index in [4.69, 9.17) is 0 Å². The van der Waals surface area contributed by atoms with E-state index < -0.39 is 0 Å². The van der Waals surface area contributed by atoms with E-state index in [9.17, 15) is 5.11 Å². The summed E-state index contributed by atoms with van der Waals surface area (Å²) < 4.78 is 0. The number of quaternary nitrogens is 1. The van der Waals surface area contributed by atoms with Crippen molar-refractivity contribution in [1.29, 1.82) is 0 Å². The zero-order chi connectivity index (χ0) is 9.80. The lowest BCUT2D eigenvalue weighted by atomic mass is 9.93. The van der Waals surface area contributed by atoms with Crippen molar-refractivity contribution in [2.24, 2.45) is 5.92 Å². The molecule has 0 aromatic heterocycles. The van der Waals surface area contributed by atoms with Crippen LogP contribution in [-0.4, -0.2) is 30.8 Å². The molecule has 0 saturated carbocycles. The lowest BCUT2D eigenvalue weighted by molar-refractivity contribution is -0.909. The molecule has 1 saturated heterocycles. The molecule has 1 aliphatic carbocycles. The molecule has 0 unspecified atom stereocenters. The molecule has 0 aromatic carbocycles. The van der Waals surface area contributed by atoms with Gasteiger partial charge in [-0.3, -0.25) is 0 Å². The molecule has 1 atom stereocenters. The van der Waals surface area contributed by atoms with Crippen molar-refractivity contribution >= 4 is 0 Å². The SMILES string of the molecule is OC1CC[NH+](C[C@@H]2CC=CCC2)CC1. The fourth-order valence-electron chi connectivity index (χ4n) is 2.66. The molecule has 0 amide bonds. The van der Waals surface area contributed by atoms with E-state index in [-0.39, 0.29) is 6.10 Å². The Kier molecular flexibility index (Phi) is 3.60. The summed E-state index contributed by atoms with van der Waals surface area (Å²) in [5.41, 5.74) is 0. The second kappa shape index (κ2) is 4.94. The fraction of sp³-hybridized carbons (Fsp3) is 0.833. The van der Waals surface area contributed by atoms with Gasteiger partial charge in [0.25, 0.3) is 0 Å². The van der Waals surface area contributed by atoms with Crippen LogP contribution in [0.2, 0.25) is 0 Å². The number of likely N-dealkylation sites (tertiary alicyclic amines) is 1. The highest BCUT2D eigenvalue weighted by atomic mass is 16.3. The van der Waals surface area contributed by atoms with Gasteiger partial charge in [-0.15, -0.1) is 0 Å². The first-order chi connectivity index (χ1) is 6.84. The average Bonchev–Trinajstić information content (AvgIpc) is 2.23. The van der Waals surface area contributed by atoms with Gasteiger partial charge in [-0.1, -0.05) is 12.2 Å². The molecule has 2 N–H and O–H groups in total. The maximum absolute atomic E-state index is 9.41. The number of allylic oxidation sites excluding steroid dienone is 2. The summed E-state index contributed by atoms with van der Waals surface area (Å²) in [5, 5.41) is 9.41. The van der Waals surface area contributed by atoms with Crippen molar-refractivity contribution in [3.05, 3.63) is 12.2 Å². The Morgan fingerprint density at radius 3 is 2.57 bits per heavy atom. The maximum atomic E-state index is 9.41. The monoisotopic (exact) mass is 196 g/mol. The number of nitrogens with one attached hydrogen (secondary N) is 1. The number of aliphatic hydroxyl groups excluding tert-OH is 1. The minimum atomic E-state index is -0.00926. The van der Waals surface area contributed by atoms with Crippen molar-refractivity contribution in [2.75, 3.05) is 19.6 Å². The maximum Gasteiger partial charge on any atom is 0.0802 e. The molecule has 14 heavy (non-hydrogen) atoms. The van der Waals surface area contributed by atoms with Crippen molar-refractivity contribution in [2.45, 2.75) is 38.2 Å². The van der Waals surface area contributed by atoms with Crippen LogP contribution in [0.1, 0.15) is 32.1 Å². The van der Waals surface area contributed by atoms with Crippen LogP contribution < -0.4 is 4.90 Å². The summed E-state index contributed by atoms with van der Waals surface area (Å²) >= 11 is 0. The van der Waals surface area contributed by atoms with E-state index in [1.165, 1.54) is 38.9 Å². The standard InChI is InChI=1S/C12H21NO/c14-12-6-8-13(9-7-12)10-11-4-2-1-3-5-11/h1-2,11-12,14H,3-10H2/p+1/t11-/m1/s1. The molecule has 0 spiro atoms. The summed E-state index contributed by atoms with van der Waals surface area (Å²) in [4.78, 5) is 1.72. The largest absolute Gasteiger partial charge is 0.393 e. The highest BCUT2D eigenvalue weighted by Crippen LogP contribution is 2.16. The fourth-order valence-corrected chi connectivity index (χ4v) is 2.66. The summed E-state index contributed by atoms with van der Waals surface area (Å²) in [7, 11) is 0. The van der Waals surface area contributed by atoms with Gasteiger partial charge in [0.05, 0.1) is 25.7 Å². The highest BCUT2D eigenvalue weighted by Gasteiger charge is 2.23. The normalized spacial score (nSPS) is 38.5. The molecule has 0 aromatic rings. The Balaban J connectivity index is 1.72. The summed E-state index contributed by atoms with van der Waals surface area (Å²) in [5.74, 6) is 0.908. The topological polar surface area (TPSA) is 24.7 Å². The van der Waals surface area contributed by atoms with E-state index in [1.54, 1.807) is 4.90 Å². The minimum Gasteiger partial charge on any atom is -0.393 e. The van der Waals surface area contributed by atoms with Crippen molar-refractivity contribution in [1.82, 2.24) is 0 Å². The third-order valence-corrected chi connectivity index (χ3v) is 3.62. The molecule has 1 heterocycles. The van der Waals surface area contributed by atoms with Gasteiger partial charge in [-0.05, 0) is 19.3 Å². The molecule has 0 radical (unpaired) electrons. The second-order valence-electron chi connectivity index (χ2n) is 4.84. The Morgan fingerprint density at radius 2 is 1.93 bits per heavy atom. The summed E-state index contributed by atoms with van der Waals surface area (Å²) in [6.45, 7) is 3.69. The number of piperidine rings is 1. The van der Waals surface area contributed by atoms with Gasteiger partial charge in [0.1, 0.15) is 0 Å². The predicted molar refractivity (Wildman–Crippen MR) is 57.3 cm³/mol. The van der Waals surface area contributed by atoms with Gasteiger partial charge in [0.15, 0.2) is 0 Å². The smallest absolute Gasteiger partial charge is 0.0802 e. The third kappa shape index (κ3) is 2.82. The van der Waals surface area contributed by atoms with Crippen LogP contribution in [0.25, 0.3) is 0 Å². The van der Waals surface area contributed by atoms with Crippen LogP contribution in [0.4, 0.5) is 0 Å². The Labute approximate surface area is 86.6 Å². The molecular weight excluding hydrogens is 174 g/mol. The first-order valence-electron chi connectivity index (χ1n) is 6.01. The molecular formula is C12H22NO+. The van der Waals surface area contributed by atoms with Crippen LogP contribution in [0, 0.1) is 5.92 Å². The first-order valence-corrected chi connectivity index (χ1v) is 6.01. The molecule has 2 rings (SSSR count). The lowest BCUT2D eigenvalue weighted by Crippen LogP contribution is -3.13. The van der Waals surface area contributed by atoms with E-state index in [0.29, 0.717) is 0 Å². The van der Waals surface area contributed by atoms with E-state index in [1.807, 2.05) is 0 Å². The van der Waals surface area contributed by atoms with E-state index in [2.05, 4.69) is 12.2 Å². The Morgan fingerprint density at radius 1 is 1.14 bits per heavy atom. The van der Waals surface area contributed by atoms with Gasteiger partial charge in [0.2, 0.25) is 0 Å². The number of hydrogen-bond acceptors (Lipinski definition) is 1. The van der Waals surface area contributed by atoms with Crippen LogP contribution in [0.3, 0.4) is 0 Å². The third-order valence-electron chi connectivity index (χ3n) is 3.62. The van der Waals surface area contributed by atoms with Gasteiger partial charge < -0.3 is 10.0 Å². The molecule has 2 heteroatoms. The van der Waals surface area contributed by atoms with Crippen molar-refractivity contribution in [3.63, 3.8) is 0 Å². The zero-order valence-electron chi connectivity index (χ0n) is 8.91. The minimum absolute atomic E-state index is 0.00926. The van der Waals surface area contributed by atoms with Crippen LogP contribution in [-0.2, 0) is 0 Å². The summed E-state index contributed by atoms with van der Waals surface area (Å²) in [6.07, 6.45) is 10.6. The second-order valence-corrected chi connectivity index (χ2v) is 4.84. The van der Waals surface area contributed by atoms with Gasteiger partial charge in [-0.2, -0.15) is 0 Å². The first kappa shape index (κ1) is 10.2. The van der Waals surface area contributed by atoms with E-state index in [0.717, 1.165) is 18.8 Å². The summed E-state index contributed by atoms with van der Waals surface area (Å²) in [6, 6.07) is 0. The van der Waals surface area contributed by atoms with Gasteiger partial charge in [0, 0.05) is 18.8 Å². The van der Waals surface area contributed by atoms with Crippen LogP contribution in [0.5, 0.6) is 0 Å². The van der Waals surface area contributed by atoms with Crippen molar-refractivity contribution in [3.8, 4) is 0 Å². The molecule has 1 fully saturated rings. The molecule has 2 nitrogen and oxygen atoms in total. The molecule has 2 aliphatic rings.